The van der Waals surface area contributed by atoms with Crippen molar-refractivity contribution in [1.29, 1.82) is 0 Å². The molecule has 2 nitrogen and oxygen atoms in total. The van der Waals surface area contributed by atoms with Crippen molar-refractivity contribution in [1.82, 2.24) is 9.80 Å². The molecule has 0 aliphatic heterocycles. The fraction of sp³-hybridized carbons (Fsp3) is 1.00. The first-order valence-corrected chi connectivity index (χ1v) is 32.7. The van der Waals surface area contributed by atoms with Crippen molar-refractivity contribution in [2.24, 2.45) is 23.7 Å². The summed E-state index contributed by atoms with van der Waals surface area (Å²) in [5.41, 5.74) is 0. The highest BCUT2D eigenvalue weighted by Crippen LogP contribution is 2.47. The molecule has 64 heavy (non-hydrogen) atoms. The van der Waals surface area contributed by atoms with E-state index in [9.17, 15) is 0 Å². The Labute approximate surface area is 413 Å². The maximum Gasteiger partial charge on any atom is 0.0165 e. The van der Waals surface area contributed by atoms with Gasteiger partial charge < -0.3 is 9.80 Å². The quantitative estimate of drug-likeness (QED) is 0.0443. The first-order chi connectivity index (χ1) is 31.5. The van der Waals surface area contributed by atoms with Gasteiger partial charge in [-0.3, -0.25) is 0 Å². The predicted octanol–water partition coefficient (Wildman–Crippen LogP) is 20.7. The molecule has 0 radical (unpaired) electrons. The number of hydrogen-bond donors (Lipinski definition) is 0. The standard InChI is InChI=1S/C60H120N2S2/c1-7-11-15-19-23-25-27-29-33-41-55-53-57(55)43-37-39-47-59(45-35-31-21-17-13-9-3)61(5)49-51-63-64-52-50-62(6)60(46-36-32-22-18-14-10-4)48-40-38-44-58-54-56(58)42-34-30-28-26-24-20-16-12-8-2/h55-60H,7-54H2,1-6H3. The van der Waals surface area contributed by atoms with Crippen LogP contribution in [-0.2, 0) is 0 Å². The second kappa shape index (κ2) is 44.8. The molecular weight excluding hydrogens is 813 g/mol. The van der Waals surface area contributed by atoms with Gasteiger partial charge in [-0.15, -0.1) is 0 Å². The van der Waals surface area contributed by atoms with Crippen LogP contribution >= 0.6 is 21.6 Å². The van der Waals surface area contributed by atoms with Crippen molar-refractivity contribution in [3.8, 4) is 0 Å². The van der Waals surface area contributed by atoms with Crippen LogP contribution in [0.25, 0.3) is 0 Å². The summed E-state index contributed by atoms with van der Waals surface area (Å²) in [6.45, 7) is 11.9. The van der Waals surface area contributed by atoms with Crippen LogP contribution in [0.5, 0.6) is 0 Å². The zero-order valence-corrected chi connectivity index (χ0v) is 46.7. The average Bonchev–Trinajstić information content (AvgIpc) is 4.24. The summed E-state index contributed by atoms with van der Waals surface area (Å²) in [5, 5.41) is 0. The molecule has 2 aliphatic carbocycles. The Morgan fingerprint density at radius 2 is 0.531 bits per heavy atom. The van der Waals surface area contributed by atoms with Gasteiger partial charge in [0.25, 0.3) is 0 Å². The Kier molecular flexibility index (Phi) is 42.5. The van der Waals surface area contributed by atoms with E-state index in [4.69, 9.17) is 0 Å². The number of hydrogen-bond acceptors (Lipinski definition) is 4. The Balaban J connectivity index is 1.62. The van der Waals surface area contributed by atoms with Crippen LogP contribution in [0.2, 0.25) is 0 Å². The lowest BCUT2D eigenvalue weighted by Crippen LogP contribution is -2.34. The van der Waals surface area contributed by atoms with E-state index < -0.39 is 0 Å². The summed E-state index contributed by atoms with van der Waals surface area (Å²) in [6.07, 6.45) is 64.4. The second-order valence-electron chi connectivity index (χ2n) is 22.3. The van der Waals surface area contributed by atoms with E-state index in [1.54, 1.807) is 12.8 Å². The van der Waals surface area contributed by atoms with E-state index in [1.807, 2.05) is 0 Å². The number of nitrogens with zero attached hydrogens (tertiary/aromatic N) is 2. The van der Waals surface area contributed by atoms with E-state index >= 15 is 0 Å². The molecule has 6 unspecified atom stereocenters. The minimum atomic E-state index is 0.799. The van der Waals surface area contributed by atoms with Crippen molar-refractivity contribution in [3.63, 3.8) is 0 Å². The van der Waals surface area contributed by atoms with E-state index in [-0.39, 0.29) is 0 Å². The summed E-state index contributed by atoms with van der Waals surface area (Å²) < 4.78 is 0. The zero-order chi connectivity index (χ0) is 46.0. The highest BCUT2D eigenvalue weighted by atomic mass is 33.1. The van der Waals surface area contributed by atoms with Crippen LogP contribution in [0, 0.1) is 23.7 Å². The minimum absolute atomic E-state index is 0.799. The highest BCUT2D eigenvalue weighted by Gasteiger charge is 2.36. The van der Waals surface area contributed by atoms with Gasteiger partial charge in [0, 0.05) is 36.7 Å². The van der Waals surface area contributed by atoms with E-state index in [2.05, 4.69) is 73.2 Å². The molecule has 0 saturated heterocycles. The predicted molar refractivity (Wildman–Crippen MR) is 298 cm³/mol. The van der Waals surface area contributed by atoms with Gasteiger partial charge in [-0.2, -0.15) is 0 Å². The van der Waals surface area contributed by atoms with Crippen molar-refractivity contribution in [2.45, 2.75) is 322 Å². The monoisotopic (exact) mass is 933 g/mol. The molecule has 0 aromatic heterocycles. The van der Waals surface area contributed by atoms with Crippen LogP contribution < -0.4 is 0 Å². The molecule has 0 aromatic carbocycles. The van der Waals surface area contributed by atoms with Crippen molar-refractivity contribution in [2.75, 3.05) is 38.7 Å². The molecule has 6 atom stereocenters. The summed E-state index contributed by atoms with van der Waals surface area (Å²) >= 11 is 0. The molecule has 2 fully saturated rings. The Bertz CT molecular complexity index is 871. The molecule has 0 aromatic rings. The zero-order valence-electron chi connectivity index (χ0n) is 45.1. The fourth-order valence-electron chi connectivity index (χ4n) is 11.4. The van der Waals surface area contributed by atoms with Crippen molar-refractivity contribution < 1.29 is 0 Å². The minimum Gasteiger partial charge on any atom is -0.303 e. The van der Waals surface area contributed by atoms with Gasteiger partial charge in [-0.05, 0) is 76.3 Å². The number of unbranched alkanes of at least 4 members (excludes halogenated alkanes) is 28. The van der Waals surface area contributed by atoms with Crippen LogP contribution in [0.1, 0.15) is 310 Å². The van der Waals surface area contributed by atoms with Gasteiger partial charge in [0.15, 0.2) is 0 Å². The van der Waals surface area contributed by atoms with Gasteiger partial charge in [0.1, 0.15) is 0 Å². The molecular formula is C60H120N2S2. The van der Waals surface area contributed by atoms with Crippen LogP contribution in [0.4, 0.5) is 0 Å². The summed E-state index contributed by atoms with van der Waals surface area (Å²) in [7, 11) is 9.27. The summed E-state index contributed by atoms with van der Waals surface area (Å²) in [6, 6.07) is 1.60. The lowest BCUT2D eigenvalue weighted by atomic mass is 9.98. The van der Waals surface area contributed by atoms with Crippen LogP contribution in [-0.4, -0.2) is 60.6 Å². The molecule has 0 amide bonds. The van der Waals surface area contributed by atoms with E-state index in [0.717, 1.165) is 35.8 Å². The average molecular weight is 934 g/mol. The van der Waals surface area contributed by atoms with Crippen molar-refractivity contribution >= 4 is 21.6 Å². The topological polar surface area (TPSA) is 6.48 Å². The Morgan fingerprint density at radius 1 is 0.312 bits per heavy atom. The smallest absolute Gasteiger partial charge is 0.0165 e. The molecule has 382 valence electrons. The van der Waals surface area contributed by atoms with Crippen LogP contribution in [0.3, 0.4) is 0 Å². The second-order valence-corrected chi connectivity index (χ2v) is 25.0. The maximum atomic E-state index is 2.78. The molecule has 4 heteroatoms. The fourth-order valence-corrected chi connectivity index (χ4v) is 13.5. The third-order valence-electron chi connectivity index (χ3n) is 16.4. The van der Waals surface area contributed by atoms with Gasteiger partial charge in [0.2, 0.25) is 0 Å². The van der Waals surface area contributed by atoms with Crippen LogP contribution in [0.15, 0.2) is 0 Å². The maximum absolute atomic E-state index is 2.78. The Hall–Kier alpha value is 0.620. The lowest BCUT2D eigenvalue weighted by molar-refractivity contribution is 0.220. The molecule has 2 aliphatic rings. The highest BCUT2D eigenvalue weighted by molar-refractivity contribution is 8.76. The molecule has 0 heterocycles. The molecule has 2 saturated carbocycles. The lowest BCUT2D eigenvalue weighted by Gasteiger charge is -2.29. The van der Waals surface area contributed by atoms with E-state index in [0.29, 0.717) is 0 Å². The first-order valence-electron chi connectivity index (χ1n) is 30.2. The molecule has 0 bridgehead atoms. The van der Waals surface area contributed by atoms with Gasteiger partial charge in [-0.25, -0.2) is 0 Å². The third kappa shape index (κ3) is 35.7. The third-order valence-corrected chi connectivity index (χ3v) is 18.8. The van der Waals surface area contributed by atoms with Gasteiger partial charge in [-0.1, -0.05) is 293 Å². The number of rotatable bonds is 53. The van der Waals surface area contributed by atoms with Gasteiger partial charge >= 0.3 is 0 Å². The molecule has 0 spiro atoms. The molecule has 0 N–H and O–H groups in total. The largest absolute Gasteiger partial charge is 0.303 e. The van der Waals surface area contributed by atoms with Gasteiger partial charge in [0.05, 0.1) is 0 Å². The van der Waals surface area contributed by atoms with Crippen molar-refractivity contribution in [3.05, 3.63) is 0 Å². The first kappa shape index (κ1) is 60.7. The molecule has 2 rings (SSSR count). The normalized spacial score (nSPS) is 19.3. The SMILES string of the molecule is CCCCCCCCCCCC1CC1CCCCC(CCCCCCCC)N(C)CCSSCCN(C)C(CCCCCCCC)CCCCC1CC1CCCCCCCCCCC. The van der Waals surface area contributed by atoms with E-state index in [1.165, 1.54) is 294 Å². The Morgan fingerprint density at radius 3 is 0.812 bits per heavy atom. The summed E-state index contributed by atoms with van der Waals surface area (Å²) in [4.78, 5) is 5.57. The summed E-state index contributed by atoms with van der Waals surface area (Å²) in [5.74, 6) is 6.92.